The van der Waals surface area contributed by atoms with E-state index in [0.717, 1.165) is 0 Å². The fourth-order valence-corrected chi connectivity index (χ4v) is 3.49. The second-order valence-corrected chi connectivity index (χ2v) is 11.7. The molecular formula is C19H28Cl6N2O5. The summed E-state index contributed by atoms with van der Waals surface area (Å²) in [5.41, 5.74) is -1.10. The summed E-state index contributed by atoms with van der Waals surface area (Å²) in [6.45, 7) is 9.12. The number of rotatable bonds is 12. The maximum Gasteiger partial charge on any atom is 0.306 e. The highest BCUT2D eigenvalue weighted by molar-refractivity contribution is 6.76. The Morgan fingerprint density at radius 2 is 1.50 bits per heavy atom. The summed E-state index contributed by atoms with van der Waals surface area (Å²) in [6, 6.07) is -2.10. The molecule has 0 bridgehead atoms. The van der Waals surface area contributed by atoms with E-state index in [1.54, 1.807) is 13.8 Å². The van der Waals surface area contributed by atoms with Gasteiger partial charge in [0.2, 0.25) is 0 Å². The van der Waals surface area contributed by atoms with Crippen molar-refractivity contribution in [3.8, 4) is 0 Å². The molecule has 2 amide bonds. The van der Waals surface area contributed by atoms with Gasteiger partial charge < -0.3 is 20.1 Å². The first-order valence-electron chi connectivity index (χ1n) is 9.66. The third-order valence-corrected chi connectivity index (χ3v) is 5.83. The van der Waals surface area contributed by atoms with Gasteiger partial charge in [-0.15, -0.1) is 6.58 Å². The Hall–Kier alpha value is -0.150. The Labute approximate surface area is 218 Å². The first kappa shape index (κ1) is 31.9. The molecule has 0 aliphatic carbocycles. The summed E-state index contributed by atoms with van der Waals surface area (Å²) in [5.74, 6) is -3.31. The SMILES string of the molecule is C=CC(CC(=O)OCC)[C@@H](NC(=O)C(Cl)(Cl)Cl)[C@@H](NC(=O)C(Cl)(Cl)Cl)[C@](C)(CCC)OC. The smallest absolute Gasteiger partial charge is 0.306 e. The second-order valence-electron chi connectivity index (χ2n) is 7.12. The molecule has 0 aromatic carbocycles. The van der Waals surface area contributed by atoms with Gasteiger partial charge in [-0.05, 0) is 20.3 Å². The maximum absolute atomic E-state index is 12.6. The van der Waals surface area contributed by atoms with Crippen molar-refractivity contribution in [3.05, 3.63) is 12.7 Å². The average molecular weight is 577 g/mol. The van der Waals surface area contributed by atoms with Gasteiger partial charge in [0.25, 0.3) is 19.4 Å². The molecule has 1 unspecified atom stereocenters. The predicted molar refractivity (Wildman–Crippen MR) is 130 cm³/mol. The number of halogens is 6. The normalized spacial score (nSPS) is 16.8. The molecule has 0 fully saturated rings. The van der Waals surface area contributed by atoms with Crippen molar-refractivity contribution in [2.75, 3.05) is 13.7 Å². The quantitative estimate of drug-likeness (QED) is 0.200. The van der Waals surface area contributed by atoms with Gasteiger partial charge in [-0.25, -0.2) is 0 Å². The number of esters is 1. The molecule has 0 saturated heterocycles. The highest BCUT2D eigenvalue weighted by Crippen LogP contribution is 2.33. The first-order valence-corrected chi connectivity index (χ1v) is 11.9. The molecule has 32 heavy (non-hydrogen) atoms. The summed E-state index contributed by atoms with van der Waals surface area (Å²) in [4.78, 5) is 37.4. The Bertz CT molecular complexity index is 668. The molecular weight excluding hydrogens is 549 g/mol. The number of hydrogen-bond donors (Lipinski definition) is 2. The monoisotopic (exact) mass is 574 g/mol. The first-order chi connectivity index (χ1) is 14.6. The van der Waals surface area contributed by atoms with Gasteiger partial charge in [0.15, 0.2) is 0 Å². The summed E-state index contributed by atoms with van der Waals surface area (Å²) < 4.78 is 6.08. The number of nitrogens with one attached hydrogen (secondary N) is 2. The second kappa shape index (κ2) is 13.7. The molecule has 0 spiro atoms. The van der Waals surface area contributed by atoms with Crippen LogP contribution in [-0.2, 0) is 23.9 Å². The van der Waals surface area contributed by atoms with Gasteiger partial charge in [-0.3, -0.25) is 14.4 Å². The van der Waals surface area contributed by atoms with Crippen LogP contribution in [-0.4, -0.2) is 56.8 Å². The van der Waals surface area contributed by atoms with Crippen LogP contribution in [0.2, 0.25) is 0 Å². The number of alkyl halides is 6. The molecule has 4 atom stereocenters. The molecule has 2 N–H and O–H groups in total. The summed E-state index contributed by atoms with van der Waals surface area (Å²) in [7, 11) is 1.42. The number of amides is 2. The van der Waals surface area contributed by atoms with Crippen molar-refractivity contribution in [2.24, 2.45) is 5.92 Å². The standard InChI is InChI=1S/C19H28Cl6N2O5/c1-6-9-17(4,31-5)14(27-16(30)19(23,24)25)13(26-15(29)18(20,21)22)11(7-2)10-12(28)32-8-3/h7,11,13-14H,2,6,8-10H2,1,3-5H3,(H,26,29)(H,27,30)/t11?,13-,14-,17+/m1/s1. The number of carbonyl (C=O) groups excluding carboxylic acids is 3. The van der Waals surface area contributed by atoms with E-state index in [9.17, 15) is 14.4 Å². The molecule has 0 heterocycles. The molecule has 0 radical (unpaired) electrons. The van der Waals surface area contributed by atoms with Crippen LogP contribution in [0.5, 0.6) is 0 Å². The molecule has 0 aliphatic heterocycles. The minimum atomic E-state index is -2.33. The van der Waals surface area contributed by atoms with Crippen LogP contribution in [0.25, 0.3) is 0 Å². The summed E-state index contributed by atoms with van der Waals surface area (Å²) in [5, 5.41) is 5.18. The van der Waals surface area contributed by atoms with Crippen LogP contribution >= 0.6 is 69.6 Å². The number of carbonyl (C=O) groups is 3. The van der Waals surface area contributed by atoms with Crippen molar-refractivity contribution in [2.45, 2.75) is 65.3 Å². The van der Waals surface area contributed by atoms with Gasteiger partial charge >= 0.3 is 5.97 Å². The summed E-state index contributed by atoms with van der Waals surface area (Å²) in [6.07, 6.45) is 2.26. The van der Waals surface area contributed by atoms with Gasteiger partial charge in [0.1, 0.15) is 0 Å². The molecule has 7 nitrogen and oxygen atoms in total. The lowest BCUT2D eigenvalue weighted by molar-refractivity contribution is -0.144. The van der Waals surface area contributed by atoms with Crippen molar-refractivity contribution in [1.29, 1.82) is 0 Å². The zero-order valence-corrected chi connectivity index (χ0v) is 22.7. The van der Waals surface area contributed by atoms with Crippen molar-refractivity contribution >= 4 is 87.4 Å². The summed E-state index contributed by atoms with van der Waals surface area (Å²) >= 11 is 34.5. The van der Waals surface area contributed by atoms with Crippen LogP contribution in [0.3, 0.4) is 0 Å². The molecule has 0 rings (SSSR count). The lowest BCUT2D eigenvalue weighted by Gasteiger charge is -2.44. The maximum atomic E-state index is 12.6. The lowest BCUT2D eigenvalue weighted by atomic mass is 9.79. The fourth-order valence-electron chi connectivity index (χ4n) is 3.17. The van der Waals surface area contributed by atoms with Crippen LogP contribution in [0.15, 0.2) is 12.7 Å². The van der Waals surface area contributed by atoms with E-state index < -0.39 is 49.0 Å². The highest BCUT2D eigenvalue weighted by atomic mass is 35.6. The zero-order chi connectivity index (χ0) is 25.3. The minimum Gasteiger partial charge on any atom is -0.466 e. The Morgan fingerprint density at radius 1 is 1.00 bits per heavy atom. The van der Waals surface area contributed by atoms with E-state index in [0.29, 0.717) is 12.8 Å². The number of methoxy groups -OCH3 is 1. The highest BCUT2D eigenvalue weighted by Gasteiger charge is 2.47. The van der Waals surface area contributed by atoms with E-state index in [2.05, 4.69) is 17.2 Å². The Morgan fingerprint density at radius 3 is 1.88 bits per heavy atom. The van der Waals surface area contributed by atoms with Crippen LogP contribution in [0.1, 0.15) is 40.0 Å². The van der Waals surface area contributed by atoms with E-state index in [1.807, 2.05) is 6.92 Å². The zero-order valence-electron chi connectivity index (χ0n) is 18.2. The number of ether oxygens (including phenoxy) is 2. The average Bonchev–Trinajstić information content (AvgIpc) is 2.67. The Kier molecular flexibility index (Phi) is 13.6. The predicted octanol–water partition coefficient (Wildman–Crippen LogP) is 4.66. The molecule has 13 heteroatoms. The van der Waals surface area contributed by atoms with Gasteiger partial charge in [-0.2, -0.15) is 0 Å². The van der Waals surface area contributed by atoms with Crippen molar-refractivity contribution < 1.29 is 23.9 Å². The minimum absolute atomic E-state index is 0.146. The Balaban J connectivity index is 6.55. The van der Waals surface area contributed by atoms with Crippen LogP contribution in [0, 0.1) is 5.92 Å². The van der Waals surface area contributed by atoms with Gasteiger partial charge in [0, 0.05) is 13.0 Å². The van der Waals surface area contributed by atoms with E-state index in [1.165, 1.54) is 13.2 Å². The van der Waals surface area contributed by atoms with E-state index in [4.69, 9.17) is 79.1 Å². The third-order valence-electron chi connectivity index (χ3n) is 4.80. The van der Waals surface area contributed by atoms with E-state index >= 15 is 0 Å². The topological polar surface area (TPSA) is 93.7 Å². The van der Waals surface area contributed by atoms with E-state index in [-0.39, 0.29) is 13.0 Å². The van der Waals surface area contributed by atoms with Gasteiger partial charge in [0.05, 0.1) is 30.7 Å². The van der Waals surface area contributed by atoms with Gasteiger partial charge in [-0.1, -0.05) is 89.0 Å². The molecule has 0 aromatic heterocycles. The molecule has 0 saturated carbocycles. The van der Waals surface area contributed by atoms with Crippen molar-refractivity contribution in [3.63, 3.8) is 0 Å². The van der Waals surface area contributed by atoms with Crippen LogP contribution in [0.4, 0.5) is 0 Å². The van der Waals surface area contributed by atoms with Crippen LogP contribution < -0.4 is 10.6 Å². The lowest BCUT2D eigenvalue weighted by Crippen LogP contribution is -2.66. The fraction of sp³-hybridized carbons (Fsp3) is 0.737. The largest absolute Gasteiger partial charge is 0.466 e. The third kappa shape index (κ3) is 10.00. The van der Waals surface area contributed by atoms with Crippen molar-refractivity contribution in [1.82, 2.24) is 10.6 Å². The molecule has 0 aromatic rings. The molecule has 186 valence electrons. The number of hydrogen-bond acceptors (Lipinski definition) is 5. The molecule has 0 aliphatic rings.